The van der Waals surface area contributed by atoms with Gasteiger partial charge in [0.2, 0.25) is 5.91 Å². The Morgan fingerprint density at radius 3 is 2.50 bits per heavy atom. The maximum atomic E-state index is 15.1. The summed E-state index contributed by atoms with van der Waals surface area (Å²) in [5, 5.41) is 0.354. The number of rotatable bonds is 3. The number of halogens is 2. The van der Waals surface area contributed by atoms with Crippen molar-refractivity contribution in [2.75, 3.05) is 45.9 Å². The van der Waals surface area contributed by atoms with Gasteiger partial charge in [0.05, 0.1) is 11.5 Å². The number of nitrogens with zero attached hydrogens (tertiary/aromatic N) is 3. The molecule has 4 fully saturated rings. The number of piperazine rings is 1. The van der Waals surface area contributed by atoms with Gasteiger partial charge in [-0.3, -0.25) is 14.6 Å². The van der Waals surface area contributed by atoms with Crippen molar-refractivity contribution >= 4 is 23.6 Å². The molecule has 0 radical (unpaired) electrons. The van der Waals surface area contributed by atoms with E-state index < -0.39 is 5.60 Å². The van der Waals surface area contributed by atoms with Gasteiger partial charge in [-0.2, -0.15) is 0 Å². The number of amides is 2. The predicted molar refractivity (Wildman–Crippen MR) is 135 cm³/mol. The number of carbonyl (C=O) groups excluding carboxylic acids is 2. The van der Waals surface area contributed by atoms with Crippen LogP contribution in [0.15, 0.2) is 18.2 Å². The van der Waals surface area contributed by atoms with Crippen molar-refractivity contribution in [2.24, 2.45) is 5.92 Å². The Kier molecular flexibility index (Phi) is 6.98. The molecular formula is C27H37ClFN3O4. The lowest BCUT2D eigenvalue weighted by Gasteiger charge is -2.43. The van der Waals surface area contributed by atoms with Gasteiger partial charge in [0.1, 0.15) is 11.4 Å². The predicted octanol–water partition coefficient (Wildman–Crippen LogP) is 4.29. The average Bonchev–Trinajstić information content (AvgIpc) is 3.43. The van der Waals surface area contributed by atoms with E-state index in [0.29, 0.717) is 49.4 Å². The molecule has 3 heterocycles. The van der Waals surface area contributed by atoms with Gasteiger partial charge in [0, 0.05) is 62.9 Å². The van der Waals surface area contributed by atoms with E-state index in [4.69, 9.17) is 21.1 Å². The number of hydrogen-bond donors (Lipinski definition) is 0. The number of ether oxygens (including phenoxy) is 2. The van der Waals surface area contributed by atoms with E-state index in [2.05, 4.69) is 4.90 Å². The molecule has 1 spiro atoms. The van der Waals surface area contributed by atoms with Crippen LogP contribution < -0.4 is 0 Å². The van der Waals surface area contributed by atoms with Crippen molar-refractivity contribution in [1.29, 1.82) is 0 Å². The SMILES string of the molecule is CC(C)(C)OC(=O)N1CCN(C(=O)C2CN(C3CCOCC3)C[C@H]2c2ccc(Cl)cc2F)CC12CC2. The molecule has 0 bridgehead atoms. The molecule has 2 atom stereocenters. The molecule has 1 saturated carbocycles. The van der Waals surface area contributed by atoms with Gasteiger partial charge in [0.15, 0.2) is 0 Å². The van der Waals surface area contributed by atoms with E-state index in [1.807, 2.05) is 30.6 Å². The van der Waals surface area contributed by atoms with Crippen molar-refractivity contribution < 1.29 is 23.5 Å². The van der Waals surface area contributed by atoms with E-state index in [1.165, 1.54) is 6.07 Å². The summed E-state index contributed by atoms with van der Waals surface area (Å²) in [7, 11) is 0. The fraction of sp³-hybridized carbons (Fsp3) is 0.704. The minimum Gasteiger partial charge on any atom is -0.444 e. The molecule has 3 saturated heterocycles. The molecule has 3 aliphatic heterocycles. The van der Waals surface area contributed by atoms with Crippen molar-refractivity contribution in [3.05, 3.63) is 34.6 Å². The van der Waals surface area contributed by atoms with E-state index >= 15 is 4.39 Å². The summed E-state index contributed by atoms with van der Waals surface area (Å²) in [6.07, 6.45) is 3.27. The van der Waals surface area contributed by atoms with Crippen molar-refractivity contribution in [1.82, 2.24) is 14.7 Å². The largest absolute Gasteiger partial charge is 0.444 e. The smallest absolute Gasteiger partial charge is 0.410 e. The van der Waals surface area contributed by atoms with Crippen molar-refractivity contribution in [3.8, 4) is 0 Å². The lowest BCUT2D eigenvalue weighted by atomic mass is 9.87. The zero-order chi connectivity index (χ0) is 25.7. The highest BCUT2D eigenvalue weighted by atomic mass is 35.5. The molecule has 0 N–H and O–H groups in total. The van der Waals surface area contributed by atoms with E-state index in [-0.39, 0.29) is 35.2 Å². The lowest BCUT2D eigenvalue weighted by Crippen LogP contribution is -2.60. The highest BCUT2D eigenvalue weighted by Gasteiger charge is 2.56. The fourth-order valence-electron chi connectivity index (χ4n) is 6.12. The number of carbonyl (C=O) groups is 2. The molecule has 2 amide bonds. The summed E-state index contributed by atoms with van der Waals surface area (Å²) in [5.74, 6) is -0.879. The molecule has 1 aromatic rings. The molecule has 36 heavy (non-hydrogen) atoms. The molecule has 5 rings (SSSR count). The van der Waals surface area contributed by atoms with Gasteiger partial charge in [-0.15, -0.1) is 0 Å². The summed E-state index contributed by atoms with van der Waals surface area (Å²) >= 11 is 6.03. The zero-order valence-corrected chi connectivity index (χ0v) is 22.2. The van der Waals surface area contributed by atoms with Crippen LogP contribution in [0.5, 0.6) is 0 Å². The molecule has 198 valence electrons. The van der Waals surface area contributed by atoms with Gasteiger partial charge in [-0.25, -0.2) is 9.18 Å². The third-order valence-corrected chi connectivity index (χ3v) is 8.37. The minimum atomic E-state index is -0.562. The molecular weight excluding hydrogens is 485 g/mol. The van der Waals surface area contributed by atoms with Crippen molar-refractivity contribution in [2.45, 2.75) is 69.6 Å². The van der Waals surface area contributed by atoms with Gasteiger partial charge in [-0.1, -0.05) is 17.7 Å². The first-order valence-electron chi connectivity index (χ1n) is 13.1. The molecule has 1 unspecified atom stereocenters. The molecule has 4 aliphatic rings. The van der Waals surface area contributed by atoms with Crippen LogP contribution >= 0.6 is 11.6 Å². The molecule has 1 aromatic carbocycles. The van der Waals surface area contributed by atoms with Gasteiger partial charge in [-0.05, 0) is 64.2 Å². The Balaban J connectivity index is 1.34. The van der Waals surface area contributed by atoms with Gasteiger partial charge in [0.25, 0.3) is 0 Å². The fourth-order valence-corrected chi connectivity index (χ4v) is 6.28. The second-order valence-corrected chi connectivity index (χ2v) is 12.2. The highest BCUT2D eigenvalue weighted by Crippen LogP contribution is 2.46. The average molecular weight is 522 g/mol. The van der Waals surface area contributed by atoms with Crippen LogP contribution in [0.25, 0.3) is 0 Å². The molecule has 1 aliphatic carbocycles. The lowest BCUT2D eigenvalue weighted by molar-refractivity contribution is -0.139. The van der Waals surface area contributed by atoms with Crippen LogP contribution in [-0.2, 0) is 14.3 Å². The van der Waals surface area contributed by atoms with Crippen LogP contribution in [-0.4, -0.2) is 89.8 Å². The summed E-state index contributed by atoms with van der Waals surface area (Å²) < 4.78 is 26.2. The monoisotopic (exact) mass is 521 g/mol. The summed E-state index contributed by atoms with van der Waals surface area (Å²) in [6.45, 7) is 9.71. The minimum absolute atomic E-state index is 0.0547. The third-order valence-electron chi connectivity index (χ3n) is 8.14. The van der Waals surface area contributed by atoms with Crippen LogP contribution in [0.3, 0.4) is 0 Å². The normalized spacial score (nSPS) is 26.9. The summed E-state index contributed by atoms with van der Waals surface area (Å²) in [6, 6.07) is 5.12. The van der Waals surface area contributed by atoms with Crippen molar-refractivity contribution in [3.63, 3.8) is 0 Å². The first-order valence-corrected chi connectivity index (χ1v) is 13.5. The molecule has 0 aromatic heterocycles. The Bertz CT molecular complexity index is 1010. The van der Waals surface area contributed by atoms with Crippen LogP contribution in [0, 0.1) is 11.7 Å². The first-order chi connectivity index (χ1) is 17.1. The number of hydrogen-bond acceptors (Lipinski definition) is 5. The van der Waals surface area contributed by atoms with E-state index in [0.717, 1.165) is 38.9 Å². The van der Waals surface area contributed by atoms with Gasteiger partial charge >= 0.3 is 6.09 Å². The Hall–Kier alpha value is -1.90. The first kappa shape index (κ1) is 25.7. The maximum Gasteiger partial charge on any atom is 0.410 e. The molecule has 7 nitrogen and oxygen atoms in total. The van der Waals surface area contributed by atoms with E-state index in [1.54, 1.807) is 12.1 Å². The summed E-state index contributed by atoms with van der Waals surface area (Å²) in [4.78, 5) is 32.9. The van der Waals surface area contributed by atoms with Crippen LogP contribution in [0.4, 0.5) is 9.18 Å². The van der Waals surface area contributed by atoms with Gasteiger partial charge < -0.3 is 14.4 Å². The highest BCUT2D eigenvalue weighted by molar-refractivity contribution is 6.30. The summed E-state index contributed by atoms with van der Waals surface area (Å²) in [5.41, 5.74) is -0.343. The number of benzene rings is 1. The Morgan fingerprint density at radius 2 is 1.86 bits per heavy atom. The quantitative estimate of drug-likeness (QED) is 0.594. The Morgan fingerprint density at radius 1 is 1.14 bits per heavy atom. The maximum absolute atomic E-state index is 15.1. The zero-order valence-electron chi connectivity index (χ0n) is 21.5. The third kappa shape index (κ3) is 5.22. The van der Waals surface area contributed by atoms with E-state index in [9.17, 15) is 9.59 Å². The van der Waals surface area contributed by atoms with Crippen LogP contribution in [0.1, 0.15) is 57.9 Å². The Labute approximate surface area is 217 Å². The number of likely N-dealkylation sites (tertiary alicyclic amines) is 1. The second-order valence-electron chi connectivity index (χ2n) is 11.8. The second kappa shape index (κ2) is 9.76. The van der Waals surface area contributed by atoms with Crippen LogP contribution in [0.2, 0.25) is 5.02 Å². The molecule has 9 heteroatoms. The standard InChI is InChI=1S/C27H37ClFN3O4/c1-26(2,3)36-25(34)32-11-10-30(17-27(32)8-9-27)24(33)22-16-31(19-6-12-35-13-7-19)15-21(22)20-5-4-18(28)14-23(20)29/h4-5,14,19,21-22H,6-13,15-17H2,1-3H3/t21-,22?/m0/s1. The topological polar surface area (TPSA) is 62.3 Å².